The number of benzene rings is 3. The monoisotopic (exact) mass is 399 g/mol. The van der Waals surface area contributed by atoms with E-state index >= 15 is 0 Å². The van der Waals surface area contributed by atoms with Gasteiger partial charge in [0.2, 0.25) is 0 Å². The zero-order chi connectivity index (χ0) is 20.9. The zero-order valence-electron chi connectivity index (χ0n) is 17.2. The highest BCUT2D eigenvalue weighted by Crippen LogP contribution is 2.26. The van der Waals surface area contributed by atoms with Gasteiger partial charge in [0.1, 0.15) is 11.6 Å². The van der Waals surface area contributed by atoms with Gasteiger partial charge in [-0.3, -0.25) is 4.79 Å². The van der Waals surface area contributed by atoms with E-state index in [1.54, 1.807) is 6.20 Å². The van der Waals surface area contributed by atoms with Gasteiger partial charge in [-0.15, -0.1) is 0 Å². The van der Waals surface area contributed by atoms with Crippen molar-refractivity contribution in [1.82, 2.24) is 14.9 Å². The summed E-state index contributed by atoms with van der Waals surface area (Å²) in [6.07, 6.45) is 3.77. The van der Waals surface area contributed by atoms with Crippen molar-refractivity contribution in [2.24, 2.45) is 0 Å². The van der Waals surface area contributed by atoms with Gasteiger partial charge in [-0.05, 0) is 42.5 Å². The van der Waals surface area contributed by atoms with Crippen LogP contribution in [0.1, 0.15) is 24.7 Å². The first-order chi connectivity index (χ1) is 14.7. The third-order valence-corrected chi connectivity index (χ3v) is 5.19. The molecule has 30 heavy (non-hydrogen) atoms. The molecule has 5 nitrogen and oxygen atoms in total. The van der Waals surface area contributed by atoms with E-state index in [0.29, 0.717) is 13.0 Å². The number of nitrogens with one attached hydrogen (secondary N) is 1. The van der Waals surface area contributed by atoms with Crippen molar-refractivity contribution in [3.05, 3.63) is 90.5 Å². The van der Waals surface area contributed by atoms with E-state index in [1.165, 1.54) is 0 Å². The fraction of sp³-hybridized carbons (Fsp3) is 0.200. The smallest absolute Gasteiger partial charge is 0.261 e. The van der Waals surface area contributed by atoms with Gasteiger partial charge in [0, 0.05) is 30.0 Å². The number of carbonyl (C=O) groups excluding carboxylic acids is 1. The molecule has 1 N–H and O–H groups in total. The van der Waals surface area contributed by atoms with Gasteiger partial charge in [0.05, 0.1) is 0 Å². The first-order valence-corrected chi connectivity index (χ1v) is 10.2. The van der Waals surface area contributed by atoms with Gasteiger partial charge in [-0.25, -0.2) is 4.98 Å². The molecule has 4 rings (SSSR count). The third-order valence-electron chi connectivity index (χ3n) is 5.19. The van der Waals surface area contributed by atoms with Crippen molar-refractivity contribution in [2.75, 3.05) is 0 Å². The van der Waals surface area contributed by atoms with Gasteiger partial charge in [-0.2, -0.15) is 0 Å². The Morgan fingerprint density at radius 1 is 1.07 bits per heavy atom. The molecule has 0 saturated heterocycles. The van der Waals surface area contributed by atoms with Gasteiger partial charge in [-0.1, -0.05) is 55.5 Å². The fourth-order valence-corrected chi connectivity index (χ4v) is 3.50. The normalized spacial score (nSPS) is 11.9. The first kappa shape index (κ1) is 19.7. The van der Waals surface area contributed by atoms with Gasteiger partial charge < -0.3 is 14.6 Å². The Balaban J connectivity index is 1.40. The van der Waals surface area contributed by atoms with Crippen molar-refractivity contribution < 1.29 is 9.53 Å². The summed E-state index contributed by atoms with van der Waals surface area (Å²) in [6, 6.07) is 22.0. The van der Waals surface area contributed by atoms with Crippen molar-refractivity contribution in [1.29, 1.82) is 0 Å². The van der Waals surface area contributed by atoms with Gasteiger partial charge in [0.15, 0.2) is 6.10 Å². The second-order valence-electron chi connectivity index (χ2n) is 7.22. The number of fused-ring (bicyclic) bond motifs is 1. The van der Waals surface area contributed by atoms with Crippen LogP contribution < -0.4 is 10.1 Å². The Labute approximate surface area is 176 Å². The van der Waals surface area contributed by atoms with Crippen LogP contribution in [-0.2, 0) is 11.3 Å². The van der Waals surface area contributed by atoms with Crippen molar-refractivity contribution >= 4 is 16.7 Å². The van der Waals surface area contributed by atoms with Crippen molar-refractivity contribution in [3.63, 3.8) is 0 Å². The quantitative estimate of drug-likeness (QED) is 0.485. The second-order valence-corrected chi connectivity index (χ2v) is 7.22. The highest BCUT2D eigenvalue weighted by atomic mass is 16.5. The molecule has 5 heteroatoms. The molecule has 3 aromatic carbocycles. The van der Waals surface area contributed by atoms with Crippen LogP contribution in [-0.4, -0.2) is 21.6 Å². The molecule has 152 valence electrons. The number of carbonyl (C=O) groups is 1. The summed E-state index contributed by atoms with van der Waals surface area (Å²) in [6.45, 7) is 4.38. The molecule has 0 aliphatic carbocycles. The number of imidazole rings is 1. The van der Waals surface area contributed by atoms with Gasteiger partial charge >= 0.3 is 0 Å². The molecule has 1 amide bonds. The van der Waals surface area contributed by atoms with Crippen molar-refractivity contribution in [3.8, 4) is 11.4 Å². The van der Waals surface area contributed by atoms with Crippen LogP contribution in [0.2, 0.25) is 0 Å². The number of nitrogens with zero attached hydrogens (tertiary/aromatic N) is 2. The van der Waals surface area contributed by atoms with Crippen LogP contribution in [0.25, 0.3) is 16.5 Å². The molecule has 0 radical (unpaired) electrons. The number of rotatable bonds is 7. The average Bonchev–Trinajstić information content (AvgIpc) is 3.22. The number of hydrogen-bond acceptors (Lipinski definition) is 3. The Morgan fingerprint density at radius 3 is 2.57 bits per heavy atom. The lowest BCUT2D eigenvalue weighted by Gasteiger charge is -2.18. The lowest BCUT2D eigenvalue weighted by molar-refractivity contribution is -0.128. The Kier molecular flexibility index (Phi) is 5.80. The number of aromatic nitrogens is 2. The number of ether oxygens (including phenoxy) is 1. The summed E-state index contributed by atoms with van der Waals surface area (Å²) in [5.41, 5.74) is 2.08. The maximum atomic E-state index is 12.7. The summed E-state index contributed by atoms with van der Waals surface area (Å²) in [5, 5.41) is 5.11. The molecule has 0 unspecified atom stereocenters. The predicted octanol–water partition coefficient (Wildman–Crippen LogP) is 4.81. The van der Waals surface area contributed by atoms with E-state index in [4.69, 9.17) is 4.74 Å². The molecular formula is C25H25N3O2. The first-order valence-electron chi connectivity index (χ1n) is 10.2. The number of amides is 1. The minimum Gasteiger partial charge on any atom is -0.480 e. The molecule has 0 aliphatic heterocycles. The average molecular weight is 399 g/mol. The molecule has 0 saturated carbocycles. The summed E-state index contributed by atoms with van der Waals surface area (Å²) in [4.78, 5) is 17.0. The van der Waals surface area contributed by atoms with E-state index < -0.39 is 6.10 Å². The Bertz CT molecular complexity index is 1140. The van der Waals surface area contributed by atoms with E-state index in [1.807, 2.05) is 91.3 Å². The maximum Gasteiger partial charge on any atom is 0.261 e. The number of hydrogen-bond donors (Lipinski definition) is 1. The van der Waals surface area contributed by atoms with Crippen molar-refractivity contribution in [2.45, 2.75) is 32.9 Å². The van der Waals surface area contributed by atoms with Gasteiger partial charge in [0.25, 0.3) is 5.91 Å². The molecule has 0 spiro atoms. The molecule has 1 aromatic heterocycles. The van der Waals surface area contributed by atoms with E-state index in [-0.39, 0.29) is 5.91 Å². The van der Waals surface area contributed by atoms with Crippen LogP contribution in [0, 0.1) is 6.92 Å². The minimum absolute atomic E-state index is 0.111. The molecule has 4 aromatic rings. The largest absolute Gasteiger partial charge is 0.480 e. The van der Waals surface area contributed by atoms with E-state index in [9.17, 15) is 4.79 Å². The maximum absolute atomic E-state index is 12.7. The molecule has 0 bridgehead atoms. The topological polar surface area (TPSA) is 56.1 Å². The van der Waals surface area contributed by atoms with Crippen LogP contribution in [0.5, 0.6) is 5.75 Å². The predicted molar refractivity (Wildman–Crippen MR) is 119 cm³/mol. The Hall–Kier alpha value is -3.60. The van der Waals surface area contributed by atoms with E-state index in [2.05, 4.69) is 10.3 Å². The fourth-order valence-electron chi connectivity index (χ4n) is 3.50. The van der Waals surface area contributed by atoms with Crippen LogP contribution in [0.3, 0.4) is 0 Å². The molecule has 1 heterocycles. The molecule has 0 aliphatic rings. The lowest BCUT2D eigenvalue weighted by Crippen LogP contribution is -2.37. The second kappa shape index (κ2) is 8.82. The summed E-state index contributed by atoms with van der Waals surface area (Å²) in [5.74, 6) is 1.56. The van der Waals surface area contributed by atoms with E-state index in [0.717, 1.165) is 33.6 Å². The highest BCUT2D eigenvalue weighted by molar-refractivity contribution is 5.89. The zero-order valence-corrected chi connectivity index (χ0v) is 17.2. The van der Waals surface area contributed by atoms with Crippen LogP contribution in [0.15, 0.2) is 79.1 Å². The molecular weight excluding hydrogens is 374 g/mol. The summed E-state index contributed by atoms with van der Waals surface area (Å²) < 4.78 is 8.11. The highest BCUT2D eigenvalue weighted by Gasteiger charge is 2.19. The third kappa shape index (κ3) is 4.20. The summed E-state index contributed by atoms with van der Waals surface area (Å²) in [7, 11) is 0. The molecule has 0 fully saturated rings. The van der Waals surface area contributed by atoms with Crippen LogP contribution >= 0.6 is 0 Å². The Morgan fingerprint density at radius 2 is 1.83 bits per heavy atom. The SMILES string of the molecule is CC[C@@H](Oc1cccc2ccccc12)C(=O)NCc1ccc(-n2ccnc2C)cc1. The number of aryl methyl sites for hydroxylation is 1. The van der Waals surface area contributed by atoms with Crippen LogP contribution in [0.4, 0.5) is 0 Å². The lowest BCUT2D eigenvalue weighted by atomic mass is 10.1. The molecule has 1 atom stereocenters. The summed E-state index contributed by atoms with van der Waals surface area (Å²) >= 11 is 0. The minimum atomic E-state index is -0.538. The standard InChI is InChI=1S/C25H25N3O2/c1-3-23(30-24-10-6-8-20-7-4-5-9-22(20)24)25(29)27-17-19-11-13-21(14-12-19)28-16-15-26-18(28)2/h4-16,23H,3,17H2,1-2H3,(H,27,29)/t23-/m1/s1.